The fourth-order valence-electron chi connectivity index (χ4n) is 1.82. The average molecular weight is 316 g/mol. The number of aliphatic imine (C=N–C) groups is 2. The van der Waals surface area contributed by atoms with E-state index in [0.29, 0.717) is 5.56 Å². The summed E-state index contributed by atoms with van der Waals surface area (Å²) in [5.41, 5.74) is 0.384. The van der Waals surface area contributed by atoms with Crippen LogP contribution in [0, 0.1) is 0 Å². The van der Waals surface area contributed by atoms with E-state index in [1.54, 1.807) is 37.3 Å². The lowest BCUT2D eigenvalue weighted by molar-refractivity contribution is -0.138. The van der Waals surface area contributed by atoms with Gasteiger partial charge in [-0.2, -0.15) is 0 Å². The van der Waals surface area contributed by atoms with Gasteiger partial charge in [0.15, 0.2) is 0 Å². The Kier molecular flexibility index (Phi) is 5.62. The minimum atomic E-state index is -0.692. The zero-order valence-corrected chi connectivity index (χ0v) is 12.6. The first-order valence-corrected chi connectivity index (χ1v) is 7.01. The minimum Gasteiger partial charge on any atom is -0.506 e. The number of benzene rings is 1. The van der Waals surface area contributed by atoms with Crippen molar-refractivity contribution in [3.63, 3.8) is 0 Å². The molecule has 0 unspecified atom stereocenters. The molecule has 1 aromatic carbocycles. The van der Waals surface area contributed by atoms with Gasteiger partial charge in [0.2, 0.25) is 5.90 Å². The summed E-state index contributed by atoms with van der Waals surface area (Å²) >= 11 is 0. The minimum absolute atomic E-state index is 0.00326. The van der Waals surface area contributed by atoms with E-state index in [1.807, 2.05) is 0 Å². The highest BCUT2D eigenvalue weighted by molar-refractivity contribution is 6.15. The highest BCUT2D eigenvalue weighted by Gasteiger charge is 2.18. The number of aliphatic hydroxyl groups is 1. The Bertz CT molecular complexity index is 677. The third kappa shape index (κ3) is 4.50. The van der Waals surface area contributed by atoms with Crippen molar-refractivity contribution in [2.75, 3.05) is 19.7 Å². The van der Waals surface area contributed by atoms with E-state index in [2.05, 4.69) is 9.98 Å². The molecule has 2 rings (SSSR count). The Hall–Kier alpha value is -2.96. The summed E-state index contributed by atoms with van der Waals surface area (Å²) in [6, 6.07) is 8.58. The normalized spacial score (nSPS) is 15.2. The van der Waals surface area contributed by atoms with Gasteiger partial charge in [0.05, 0.1) is 6.61 Å². The summed E-state index contributed by atoms with van der Waals surface area (Å²) in [5.74, 6) is -1.20. The van der Waals surface area contributed by atoms with Crippen LogP contribution in [0.4, 0.5) is 0 Å². The van der Waals surface area contributed by atoms with Crippen LogP contribution in [0.15, 0.2) is 45.9 Å². The van der Waals surface area contributed by atoms with Crippen molar-refractivity contribution in [3.8, 4) is 0 Å². The van der Waals surface area contributed by atoms with Crippen LogP contribution in [0.2, 0.25) is 0 Å². The number of hydrogen-bond acceptors (Lipinski definition) is 7. The van der Waals surface area contributed by atoms with E-state index in [0.717, 1.165) is 0 Å². The molecule has 120 valence electrons. The molecule has 23 heavy (non-hydrogen) atoms. The lowest BCUT2D eigenvalue weighted by Gasteiger charge is -2.06. The van der Waals surface area contributed by atoms with Gasteiger partial charge in [-0.05, 0) is 6.92 Å². The summed E-state index contributed by atoms with van der Waals surface area (Å²) in [4.78, 5) is 30.7. The number of aliphatic hydroxyl groups excluding tert-OH is 1. The fourth-order valence-corrected chi connectivity index (χ4v) is 1.82. The van der Waals surface area contributed by atoms with Gasteiger partial charge in [0.25, 0.3) is 0 Å². The maximum atomic E-state index is 12.0. The topological polar surface area (TPSA) is 97.6 Å². The van der Waals surface area contributed by atoms with Crippen LogP contribution in [0.3, 0.4) is 0 Å². The van der Waals surface area contributed by atoms with E-state index >= 15 is 0 Å². The van der Waals surface area contributed by atoms with Crippen LogP contribution in [-0.2, 0) is 19.1 Å². The van der Waals surface area contributed by atoms with Gasteiger partial charge in [-0.25, -0.2) is 14.6 Å². The van der Waals surface area contributed by atoms with E-state index in [1.165, 1.54) is 6.21 Å². The molecule has 0 saturated heterocycles. The second-order valence-electron chi connectivity index (χ2n) is 4.50. The number of esters is 2. The van der Waals surface area contributed by atoms with Gasteiger partial charge in [0, 0.05) is 11.8 Å². The van der Waals surface area contributed by atoms with Gasteiger partial charge < -0.3 is 14.6 Å². The second-order valence-corrected chi connectivity index (χ2v) is 4.50. The van der Waals surface area contributed by atoms with Crippen molar-refractivity contribution >= 4 is 29.8 Å². The Morgan fingerprint density at radius 2 is 2.17 bits per heavy atom. The van der Waals surface area contributed by atoms with E-state index in [-0.39, 0.29) is 36.9 Å². The van der Waals surface area contributed by atoms with Crippen LogP contribution in [0.5, 0.6) is 0 Å². The number of carbonyl (C=O) groups excluding carboxylic acids is 2. The lowest BCUT2D eigenvalue weighted by Crippen LogP contribution is -2.13. The van der Waals surface area contributed by atoms with Gasteiger partial charge >= 0.3 is 11.9 Å². The van der Waals surface area contributed by atoms with Crippen molar-refractivity contribution in [2.24, 2.45) is 9.98 Å². The Morgan fingerprint density at radius 1 is 1.43 bits per heavy atom. The number of hydrogen-bond donors (Lipinski definition) is 1. The molecule has 1 aliphatic rings. The summed E-state index contributed by atoms with van der Waals surface area (Å²) in [6.45, 7) is 1.80. The number of ether oxygens (including phenoxy) is 2. The molecule has 1 aliphatic heterocycles. The second kappa shape index (κ2) is 7.88. The van der Waals surface area contributed by atoms with Gasteiger partial charge in [-0.3, -0.25) is 4.99 Å². The third-order valence-electron chi connectivity index (χ3n) is 2.86. The fraction of sp³-hybridized carbons (Fsp3) is 0.250. The maximum Gasteiger partial charge on any atom is 0.343 e. The first-order valence-electron chi connectivity index (χ1n) is 7.01. The predicted molar refractivity (Wildman–Crippen MR) is 84.4 cm³/mol. The van der Waals surface area contributed by atoms with Crippen molar-refractivity contribution in [2.45, 2.75) is 6.92 Å². The average Bonchev–Trinajstić information content (AvgIpc) is 2.97. The molecule has 0 bridgehead atoms. The number of cyclic esters (lactones) is 1. The van der Waals surface area contributed by atoms with Gasteiger partial charge in [0.1, 0.15) is 24.4 Å². The van der Waals surface area contributed by atoms with Crippen LogP contribution in [0.1, 0.15) is 12.5 Å². The SMILES string of the molecule is CCOC(=O)/C(C=NCC1=NCC(=O)O1)=C(\O)c1ccccc1. The van der Waals surface area contributed by atoms with Gasteiger partial charge in [-0.1, -0.05) is 30.3 Å². The molecule has 0 amide bonds. The molecule has 0 aromatic heterocycles. The number of carbonyl (C=O) groups is 2. The van der Waals surface area contributed by atoms with Crippen molar-refractivity contribution in [1.29, 1.82) is 0 Å². The van der Waals surface area contributed by atoms with Crippen molar-refractivity contribution in [1.82, 2.24) is 0 Å². The summed E-state index contributed by atoms with van der Waals surface area (Å²) in [6.07, 6.45) is 1.19. The summed E-state index contributed by atoms with van der Waals surface area (Å²) in [5, 5.41) is 10.3. The zero-order valence-electron chi connectivity index (χ0n) is 12.6. The van der Waals surface area contributed by atoms with E-state index in [9.17, 15) is 14.7 Å². The Labute approximate surface area is 133 Å². The Balaban J connectivity index is 2.20. The molecule has 0 atom stereocenters. The monoisotopic (exact) mass is 316 g/mol. The Morgan fingerprint density at radius 3 is 2.78 bits per heavy atom. The smallest absolute Gasteiger partial charge is 0.343 e. The molecule has 0 saturated carbocycles. The standard InChI is InChI=1S/C16H16N2O5/c1-2-22-16(21)12(15(20)11-6-4-3-5-7-11)8-17-9-13-18-10-14(19)23-13/h3-8,20H,2,9-10H2,1H3/b15-12-,17-8?. The first kappa shape index (κ1) is 16.4. The molecule has 0 radical (unpaired) electrons. The van der Waals surface area contributed by atoms with Crippen molar-refractivity contribution < 1.29 is 24.2 Å². The van der Waals surface area contributed by atoms with Crippen LogP contribution in [0.25, 0.3) is 5.76 Å². The van der Waals surface area contributed by atoms with Crippen molar-refractivity contribution in [3.05, 3.63) is 41.5 Å². The highest BCUT2D eigenvalue weighted by atomic mass is 16.6. The predicted octanol–water partition coefficient (Wildman–Crippen LogP) is 1.54. The summed E-state index contributed by atoms with van der Waals surface area (Å²) < 4.78 is 9.72. The molecule has 0 aliphatic carbocycles. The van der Waals surface area contributed by atoms with Crippen LogP contribution >= 0.6 is 0 Å². The molecular formula is C16H16N2O5. The molecule has 0 spiro atoms. The van der Waals surface area contributed by atoms with Gasteiger partial charge in [-0.15, -0.1) is 0 Å². The summed E-state index contributed by atoms with van der Waals surface area (Å²) in [7, 11) is 0. The van der Waals surface area contributed by atoms with Crippen LogP contribution in [-0.4, -0.2) is 48.9 Å². The molecule has 1 heterocycles. The molecule has 7 heteroatoms. The molecule has 7 nitrogen and oxygen atoms in total. The first-order chi connectivity index (χ1) is 11.1. The third-order valence-corrected chi connectivity index (χ3v) is 2.86. The molecule has 0 fully saturated rings. The molecular weight excluding hydrogens is 300 g/mol. The highest BCUT2D eigenvalue weighted by Crippen LogP contribution is 2.16. The van der Waals surface area contributed by atoms with E-state index in [4.69, 9.17) is 9.47 Å². The van der Waals surface area contributed by atoms with Crippen LogP contribution < -0.4 is 0 Å². The van der Waals surface area contributed by atoms with E-state index < -0.39 is 11.9 Å². The number of rotatable bonds is 6. The molecule has 1 N–H and O–H groups in total. The largest absolute Gasteiger partial charge is 0.506 e. The molecule has 1 aromatic rings. The quantitative estimate of drug-likeness (QED) is 0.371. The maximum absolute atomic E-state index is 12.0. The number of nitrogens with zero attached hydrogens (tertiary/aromatic N) is 2. The lowest BCUT2D eigenvalue weighted by atomic mass is 10.1. The zero-order chi connectivity index (χ0) is 16.7.